The Morgan fingerprint density at radius 1 is 0.893 bits per heavy atom. The van der Waals surface area contributed by atoms with Crippen LogP contribution in [0, 0.1) is 0 Å². The van der Waals surface area contributed by atoms with Gasteiger partial charge in [-0.2, -0.15) is 0 Å². The summed E-state index contributed by atoms with van der Waals surface area (Å²) in [5, 5.41) is 6.71. The summed E-state index contributed by atoms with van der Waals surface area (Å²) in [5.74, 6) is 0. The SMILES string of the molecule is CN(C)CCCNC(=S)N(Cc1ccc2ccccc2c1)c1ccccc1.Cl. The molecule has 0 aliphatic heterocycles. The number of benzene rings is 3. The van der Waals surface area contributed by atoms with E-state index in [1.807, 2.05) is 6.07 Å². The number of rotatable bonds is 7. The van der Waals surface area contributed by atoms with Crippen LogP contribution in [-0.2, 0) is 6.54 Å². The normalized spacial score (nSPS) is 10.5. The van der Waals surface area contributed by atoms with Crippen molar-refractivity contribution >= 4 is 46.2 Å². The maximum absolute atomic E-state index is 5.73. The lowest BCUT2D eigenvalue weighted by molar-refractivity contribution is 0.400. The van der Waals surface area contributed by atoms with E-state index >= 15 is 0 Å². The second-order valence-corrected chi connectivity index (χ2v) is 7.38. The van der Waals surface area contributed by atoms with Gasteiger partial charge < -0.3 is 15.1 Å². The number of hydrogen-bond donors (Lipinski definition) is 1. The number of thiocarbonyl (C=S) groups is 1. The van der Waals surface area contributed by atoms with Crippen LogP contribution in [0.5, 0.6) is 0 Å². The predicted octanol–water partition coefficient (Wildman–Crippen LogP) is 5.09. The first-order valence-corrected chi connectivity index (χ1v) is 9.77. The standard InChI is InChI=1S/C23H27N3S.ClH/c1-25(2)16-8-15-24-23(27)26(22-11-4-3-5-12-22)18-19-13-14-20-9-6-7-10-21(20)17-19;/h3-7,9-14,17H,8,15-16,18H2,1-2H3,(H,24,27);1H. The predicted molar refractivity (Wildman–Crippen MR) is 128 cm³/mol. The van der Waals surface area contributed by atoms with E-state index in [1.54, 1.807) is 0 Å². The molecule has 3 nitrogen and oxygen atoms in total. The van der Waals surface area contributed by atoms with Crippen LogP contribution in [0.3, 0.4) is 0 Å². The molecule has 0 spiro atoms. The molecule has 0 fully saturated rings. The number of hydrogen-bond acceptors (Lipinski definition) is 2. The number of fused-ring (bicyclic) bond motifs is 1. The van der Waals surface area contributed by atoms with Gasteiger partial charge in [0.15, 0.2) is 5.11 Å². The van der Waals surface area contributed by atoms with Gasteiger partial charge in [0.1, 0.15) is 0 Å². The van der Waals surface area contributed by atoms with Gasteiger partial charge in [-0.05, 0) is 73.8 Å². The fourth-order valence-electron chi connectivity index (χ4n) is 3.09. The number of halogens is 1. The molecule has 5 heteroatoms. The Hall–Kier alpha value is -2.14. The maximum atomic E-state index is 5.73. The first kappa shape index (κ1) is 22.2. The van der Waals surface area contributed by atoms with Crippen molar-refractivity contribution in [1.29, 1.82) is 0 Å². The van der Waals surface area contributed by atoms with Gasteiger partial charge in [-0.15, -0.1) is 12.4 Å². The van der Waals surface area contributed by atoms with E-state index in [4.69, 9.17) is 12.2 Å². The Morgan fingerprint density at radius 2 is 1.57 bits per heavy atom. The van der Waals surface area contributed by atoms with Crippen molar-refractivity contribution in [3.63, 3.8) is 0 Å². The van der Waals surface area contributed by atoms with Crippen molar-refractivity contribution in [2.75, 3.05) is 32.1 Å². The Balaban J connectivity index is 0.00000280. The van der Waals surface area contributed by atoms with Crippen molar-refractivity contribution in [1.82, 2.24) is 10.2 Å². The van der Waals surface area contributed by atoms with Crippen LogP contribution in [0.1, 0.15) is 12.0 Å². The van der Waals surface area contributed by atoms with E-state index in [9.17, 15) is 0 Å². The highest BCUT2D eigenvalue weighted by Crippen LogP contribution is 2.20. The molecule has 3 rings (SSSR count). The van der Waals surface area contributed by atoms with Gasteiger partial charge in [0.2, 0.25) is 0 Å². The van der Waals surface area contributed by atoms with Crippen molar-refractivity contribution in [2.24, 2.45) is 0 Å². The Bertz CT molecular complexity index is 883. The number of anilines is 1. The lowest BCUT2D eigenvalue weighted by Crippen LogP contribution is -2.40. The Morgan fingerprint density at radius 3 is 2.29 bits per heavy atom. The summed E-state index contributed by atoms with van der Waals surface area (Å²) in [6.45, 7) is 2.66. The van der Waals surface area contributed by atoms with Crippen molar-refractivity contribution in [3.05, 3.63) is 78.4 Å². The molecule has 28 heavy (non-hydrogen) atoms. The highest BCUT2D eigenvalue weighted by Gasteiger charge is 2.13. The molecule has 0 unspecified atom stereocenters. The molecule has 0 bridgehead atoms. The van der Waals surface area contributed by atoms with Crippen LogP contribution >= 0.6 is 24.6 Å². The highest BCUT2D eigenvalue weighted by atomic mass is 35.5. The van der Waals surface area contributed by atoms with Gasteiger partial charge >= 0.3 is 0 Å². The number of para-hydroxylation sites is 1. The molecular formula is C23H28ClN3S. The summed E-state index contributed by atoms with van der Waals surface area (Å²) in [5.41, 5.74) is 2.35. The molecule has 0 saturated carbocycles. The summed E-state index contributed by atoms with van der Waals surface area (Å²) in [6.07, 6.45) is 1.06. The van der Waals surface area contributed by atoms with E-state index in [-0.39, 0.29) is 12.4 Å². The van der Waals surface area contributed by atoms with Crippen LogP contribution in [0.2, 0.25) is 0 Å². The fourth-order valence-corrected chi connectivity index (χ4v) is 3.37. The van der Waals surface area contributed by atoms with Crippen LogP contribution in [0.25, 0.3) is 10.8 Å². The third-order valence-electron chi connectivity index (χ3n) is 4.53. The Labute approximate surface area is 179 Å². The van der Waals surface area contributed by atoms with Crippen LogP contribution in [-0.4, -0.2) is 37.2 Å². The minimum atomic E-state index is 0. The molecule has 0 aliphatic carbocycles. The van der Waals surface area contributed by atoms with Gasteiger partial charge in [-0.25, -0.2) is 0 Å². The number of nitrogens with one attached hydrogen (secondary N) is 1. The molecule has 0 atom stereocenters. The van der Waals surface area contributed by atoms with Gasteiger partial charge in [0.25, 0.3) is 0 Å². The third-order valence-corrected chi connectivity index (χ3v) is 4.89. The summed E-state index contributed by atoms with van der Waals surface area (Å²) in [6, 6.07) is 25.4. The van der Waals surface area contributed by atoms with Crippen LogP contribution in [0.4, 0.5) is 5.69 Å². The molecule has 0 amide bonds. The largest absolute Gasteiger partial charge is 0.362 e. The zero-order valence-electron chi connectivity index (χ0n) is 16.5. The van der Waals surface area contributed by atoms with E-state index < -0.39 is 0 Å². The average molecular weight is 414 g/mol. The molecule has 1 N–H and O–H groups in total. The summed E-state index contributed by atoms with van der Waals surface area (Å²) in [4.78, 5) is 4.36. The molecular weight excluding hydrogens is 386 g/mol. The molecule has 0 saturated heterocycles. The van der Waals surface area contributed by atoms with Gasteiger partial charge in [-0.1, -0.05) is 54.6 Å². The molecule has 0 aliphatic rings. The van der Waals surface area contributed by atoms with E-state index in [0.717, 1.165) is 36.9 Å². The minimum absolute atomic E-state index is 0. The first-order valence-electron chi connectivity index (χ1n) is 9.36. The quantitative estimate of drug-likeness (QED) is 0.429. The monoisotopic (exact) mass is 413 g/mol. The first-order chi connectivity index (χ1) is 13.1. The Kier molecular flexibility index (Phi) is 8.71. The van der Waals surface area contributed by atoms with Crippen molar-refractivity contribution in [2.45, 2.75) is 13.0 Å². The van der Waals surface area contributed by atoms with Crippen LogP contribution < -0.4 is 10.2 Å². The zero-order valence-corrected chi connectivity index (χ0v) is 18.1. The van der Waals surface area contributed by atoms with Crippen molar-refractivity contribution in [3.8, 4) is 0 Å². The molecule has 3 aromatic carbocycles. The lowest BCUT2D eigenvalue weighted by Gasteiger charge is -2.26. The van der Waals surface area contributed by atoms with Crippen molar-refractivity contribution < 1.29 is 0 Å². The van der Waals surface area contributed by atoms with Gasteiger partial charge in [0, 0.05) is 12.2 Å². The summed E-state index contributed by atoms with van der Waals surface area (Å²) >= 11 is 5.73. The fraction of sp³-hybridized carbons (Fsp3) is 0.261. The molecule has 0 aromatic heterocycles. The van der Waals surface area contributed by atoms with Gasteiger partial charge in [0.05, 0.1) is 6.54 Å². The van der Waals surface area contributed by atoms with Gasteiger partial charge in [-0.3, -0.25) is 0 Å². The molecule has 3 aromatic rings. The maximum Gasteiger partial charge on any atom is 0.173 e. The molecule has 0 radical (unpaired) electrons. The third kappa shape index (κ3) is 6.20. The topological polar surface area (TPSA) is 18.5 Å². The zero-order chi connectivity index (χ0) is 19.1. The second-order valence-electron chi connectivity index (χ2n) is 6.99. The minimum Gasteiger partial charge on any atom is -0.362 e. The van der Waals surface area contributed by atoms with E-state index in [1.165, 1.54) is 16.3 Å². The summed E-state index contributed by atoms with van der Waals surface area (Å²) < 4.78 is 0. The van der Waals surface area contributed by atoms with E-state index in [0.29, 0.717) is 0 Å². The lowest BCUT2D eigenvalue weighted by atomic mass is 10.1. The van der Waals surface area contributed by atoms with Crippen LogP contribution in [0.15, 0.2) is 72.8 Å². The number of nitrogens with zero attached hydrogens (tertiary/aromatic N) is 2. The second kappa shape index (κ2) is 11.0. The van der Waals surface area contributed by atoms with E-state index in [2.05, 4.69) is 95.9 Å². The molecule has 148 valence electrons. The average Bonchev–Trinajstić information content (AvgIpc) is 2.69. The highest BCUT2D eigenvalue weighted by molar-refractivity contribution is 7.80. The smallest absolute Gasteiger partial charge is 0.173 e. The molecule has 0 heterocycles. The summed E-state index contributed by atoms with van der Waals surface area (Å²) in [7, 11) is 4.18.